The molecule has 0 spiro atoms. The minimum atomic E-state index is -0.298. The van der Waals surface area contributed by atoms with Crippen molar-refractivity contribution in [3.8, 4) is 11.5 Å². The Morgan fingerprint density at radius 3 is 2.45 bits per heavy atom. The van der Waals surface area contributed by atoms with Crippen LogP contribution in [0.4, 0.5) is 5.69 Å². The number of methoxy groups -OCH3 is 2. The zero-order valence-corrected chi connectivity index (χ0v) is 12.2. The number of hydrogen-bond donors (Lipinski definition) is 2. The van der Waals surface area contributed by atoms with Crippen molar-refractivity contribution in [1.29, 1.82) is 0 Å². The Morgan fingerprint density at radius 2 is 1.77 bits per heavy atom. The number of aromatic nitrogens is 2. The highest BCUT2D eigenvalue weighted by atomic mass is 16.5. The fourth-order valence-electron chi connectivity index (χ4n) is 2.21. The molecule has 22 heavy (non-hydrogen) atoms. The van der Waals surface area contributed by atoms with Gasteiger partial charge in [-0.3, -0.25) is 9.89 Å². The summed E-state index contributed by atoms with van der Waals surface area (Å²) in [5.74, 6) is 0.899. The van der Waals surface area contributed by atoms with Crippen LogP contribution in [0, 0.1) is 0 Å². The number of hydrogen-bond acceptors (Lipinski definition) is 4. The molecule has 0 aliphatic rings. The van der Waals surface area contributed by atoms with E-state index in [-0.39, 0.29) is 5.91 Å². The lowest BCUT2D eigenvalue weighted by atomic mass is 10.2. The van der Waals surface area contributed by atoms with Crippen LogP contribution in [-0.2, 0) is 0 Å². The lowest BCUT2D eigenvalue weighted by Crippen LogP contribution is -2.13. The van der Waals surface area contributed by atoms with Crippen LogP contribution in [0.25, 0.3) is 10.9 Å². The number of carbonyl (C=O) groups excluding carboxylic acids is 1. The van der Waals surface area contributed by atoms with Crippen LogP contribution in [0.5, 0.6) is 11.5 Å². The maximum absolute atomic E-state index is 12.4. The van der Waals surface area contributed by atoms with Gasteiger partial charge in [0.25, 0.3) is 5.91 Å². The number of fused-ring (bicyclic) bond motifs is 1. The van der Waals surface area contributed by atoms with E-state index >= 15 is 0 Å². The maximum Gasteiger partial charge on any atom is 0.276 e. The fraction of sp³-hybridized carbons (Fsp3) is 0.125. The Morgan fingerprint density at radius 1 is 1.09 bits per heavy atom. The Balaban J connectivity index is 1.91. The van der Waals surface area contributed by atoms with Crippen LogP contribution < -0.4 is 14.8 Å². The zero-order chi connectivity index (χ0) is 15.5. The van der Waals surface area contributed by atoms with Gasteiger partial charge in [0, 0.05) is 29.3 Å². The summed E-state index contributed by atoms with van der Waals surface area (Å²) in [5.41, 5.74) is 1.74. The van der Waals surface area contributed by atoms with Gasteiger partial charge in [-0.05, 0) is 6.07 Å². The summed E-state index contributed by atoms with van der Waals surface area (Å²) in [6.45, 7) is 0. The van der Waals surface area contributed by atoms with Crippen molar-refractivity contribution in [2.75, 3.05) is 19.5 Å². The molecule has 0 fully saturated rings. The van der Waals surface area contributed by atoms with E-state index < -0.39 is 0 Å². The molecule has 3 aromatic rings. The highest BCUT2D eigenvalue weighted by Crippen LogP contribution is 2.26. The first-order valence-electron chi connectivity index (χ1n) is 6.69. The third-order valence-electron chi connectivity index (χ3n) is 3.29. The smallest absolute Gasteiger partial charge is 0.276 e. The van der Waals surface area contributed by atoms with Crippen LogP contribution >= 0.6 is 0 Å². The van der Waals surface area contributed by atoms with Gasteiger partial charge in [-0.1, -0.05) is 18.2 Å². The van der Waals surface area contributed by atoms with Crippen LogP contribution in [0.3, 0.4) is 0 Å². The number of nitrogens with one attached hydrogen (secondary N) is 2. The van der Waals surface area contributed by atoms with Crippen molar-refractivity contribution in [1.82, 2.24) is 10.2 Å². The molecule has 0 bridgehead atoms. The molecular weight excluding hydrogens is 282 g/mol. The number of para-hydroxylation sites is 1. The van der Waals surface area contributed by atoms with Gasteiger partial charge in [-0.25, -0.2) is 0 Å². The average molecular weight is 297 g/mol. The molecule has 0 atom stereocenters. The summed E-state index contributed by atoms with van der Waals surface area (Å²) in [5, 5.41) is 10.5. The van der Waals surface area contributed by atoms with Crippen molar-refractivity contribution in [3.63, 3.8) is 0 Å². The van der Waals surface area contributed by atoms with E-state index in [1.54, 1.807) is 32.4 Å². The van der Waals surface area contributed by atoms with Gasteiger partial charge in [0.2, 0.25) is 0 Å². The predicted octanol–water partition coefficient (Wildman–Crippen LogP) is 2.83. The summed E-state index contributed by atoms with van der Waals surface area (Å²) in [6, 6.07) is 12.6. The van der Waals surface area contributed by atoms with Gasteiger partial charge >= 0.3 is 0 Å². The van der Waals surface area contributed by atoms with Gasteiger partial charge in [0.1, 0.15) is 11.5 Å². The number of anilines is 1. The predicted molar refractivity (Wildman–Crippen MR) is 83.6 cm³/mol. The van der Waals surface area contributed by atoms with E-state index in [9.17, 15) is 4.79 Å². The van der Waals surface area contributed by atoms with E-state index in [0.29, 0.717) is 22.9 Å². The second kappa shape index (κ2) is 5.77. The molecule has 0 aliphatic heterocycles. The van der Waals surface area contributed by atoms with Gasteiger partial charge < -0.3 is 14.8 Å². The molecule has 2 N–H and O–H groups in total. The monoisotopic (exact) mass is 297 g/mol. The van der Waals surface area contributed by atoms with Gasteiger partial charge in [0.05, 0.1) is 19.7 Å². The molecule has 112 valence electrons. The molecule has 0 saturated carbocycles. The molecule has 0 aliphatic carbocycles. The molecule has 1 heterocycles. The van der Waals surface area contributed by atoms with E-state index in [1.807, 2.05) is 24.3 Å². The van der Waals surface area contributed by atoms with Crippen LogP contribution in [0.1, 0.15) is 10.5 Å². The highest BCUT2D eigenvalue weighted by molar-refractivity contribution is 6.11. The lowest BCUT2D eigenvalue weighted by Gasteiger charge is -2.09. The number of benzene rings is 2. The fourth-order valence-corrected chi connectivity index (χ4v) is 2.21. The minimum absolute atomic E-state index is 0.298. The summed E-state index contributed by atoms with van der Waals surface area (Å²) >= 11 is 0. The molecule has 2 aromatic carbocycles. The molecule has 0 radical (unpaired) electrons. The Hall–Kier alpha value is -3.02. The Labute approximate surface area is 127 Å². The van der Waals surface area contributed by atoms with Crippen molar-refractivity contribution < 1.29 is 14.3 Å². The molecule has 0 saturated heterocycles. The van der Waals surface area contributed by atoms with E-state index in [1.165, 1.54) is 0 Å². The quantitative estimate of drug-likeness (QED) is 0.776. The van der Waals surface area contributed by atoms with Gasteiger partial charge in [0.15, 0.2) is 5.69 Å². The van der Waals surface area contributed by atoms with Crippen molar-refractivity contribution in [2.24, 2.45) is 0 Å². The lowest BCUT2D eigenvalue weighted by molar-refractivity contribution is 0.102. The largest absolute Gasteiger partial charge is 0.497 e. The second-order valence-corrected chi connectivity index (χ2v) is 4.67. The Kier molecular flexibility index (Phi) is 3.65. The Bertz CT molecular complexity index is 804. The molecule has 1 amide bonds. The number of amides is 1. The molecule has 6 heteroatoms. The van der Waals surface area contributed by atoms with Crippen LogP contribution in [0.2, 0.25) is 0 Å². The average Bonchev–Trinajstić information content (AvgIpc) is 2.98. The maximum atomic E-state index is 12.4. The van der Waals surface area contributed by atoms with E-state index in [4.69, 9.17) is 9.47 Å². The van der Waals surface area contributed by atoms with Crippen molar-refractivity contribution in [2.45, 2.75) is 0 Å². The SMILES string of the molecule is COc1cc(NC(=O)c2n[nH]c3ccccc23)cc(OC)c1. The summed E-state index contributed by atoms with van der Waals surface area (Å²) in [6.07, 6.45) is 0. The standard InChI is InChI=1S/C16H15N3O3/c1-21-11-7-10(8-12(9-11)22-2)17-16(20)15-13-5-3-4-6-14(13)18-19-15/h3-9H,1-2H3,(H,17,20)(H,18,19). The van der Waals surface area contributed by atoms with Gasteiger partial charge in [-0.15, -0.1) is 0 Å². The first kappa shape index (κ1) is 13.9. The molecule has 6 nitrogen and oxygen atoms in total. The number of ether oxygens (including phenoxy) is 2. The molecule has 1 aromatic heterocycles. The first-order chi connectivity index (χ1) is 10.7. The number of aromatic amines is 1. The second-order valence-electron chi connectivity index (χ2n) is 4.67. The van der Waals surface area contributed by atoms with Crippen molar-refractivity contribution in [3.05, 3.63) is 48.2 Å². The number of carbonyl (C=O) groups is 1. The zero-order valence-electron chi connectivity index (χ0n) is 12.2. The first-order valence-corrected chi connectivity index (χ1v) is 6.69. The van der Waals surface area contributed by atoms with Crippen LogP contribution in [0.15, 0.2) is 42.5 Å². The summed E-state index contributed by atoms with van der Waals surface area (Å²) in [7, 11) is 3.11. The third-order valence-corrected chi connectivity index (χ3v) is 3.29. The minimum Gasteiger partial charge on any atom is -0.497 e. The number of H-pyrrole nitrogens is 1. The molecule has 3 rings (SSSR count). The highest BCUT2D eigenvalue weighted by Gasteiger charge is 2.14. The van der Waals surface area contributed by atoms with E-state index in [2.05, 4.69) is 15.5 Å². The van der Waals surface area contributed by atoms with Crippen molar-refractivity contribution >= 4 is 22.5 Å². The van der Waals surface area contributed by atoms with Gasteiger partial charge in [-0.2, -0.15) is 5.10 Å². The van der Waals surface area contributed by atoms with E-state index in [0.717, 1.165) is 10.9 Å². The normalized spacial score (nSPS) is 10.5. The summed E-state index contributed by atoms with van der Waals surface area (Å²) in [4.78, 5) is 12.4. The number of nitrogens with zero attached hydrogens (tertiary/aromatic N) is 1. The molecule has 0 unspecified atom stereocenters. The topological polar surface area (TPSA) is 76.2 Å². The third kappa shape index (κ3) is 2.58. The molecular formula is C16H15N3O3. The van der Waals surface area contributed by atoms with Crippen LogP contribution in [-0.4, -0.2) is 30.3 Å². The number of rotatable bonds is 4. The summed E-state index contributed by atoms with van der Waals surface area (Å²) < 4.78 is 10.4.